The first-order valence-corrected chi connectivity index (χ1v) is 5.49. The van der Waals surface area contributed by atoms with E-state index in [4.69, 9.17) is 11.6 Å². The first-order chi connectivity index (χ1) is 8.20. The summed E-state index contributed by atoms with van der Waals surface area (Å²) in [5.41, 5.74) is 0.732. The molecule has 5 nitrogen and oxygen atoms in total. The molecule has 92 valence electrons. The fraction of sp³-hybridized carbons (Fsp3) is 0.444. The van der Waals surface area contributed by atoms with Crippen molar-refractivity contribution < 1.29 is 8.78 Å². The summed E-state index contributed by atoms with van der Waals surface area (Å²) in [5.74, 6) is 0.687. The lowest BCUT2D eigenvalue weighted by atomic mass is 10.4. The summed E-state index contributed by atoms with van der Waals surface area (Å²) in [7, 11) is 0. The Kier molecular flexibility index (Phi) is 3.68. The van der Waals surface area contributed by atoms with Gasteiger partial charge in [0.05, 0.1) is 5.69 Å². The highest BCUT2D eigenvalue weighted by Crippen LogP contribution is 2.13. The molecule has 0 atom stereocenters. The Morgan fingerprint density at radius 2 is 2.24 bits per heavy atom. The summed E-state index contributed by atoms with van der Waals surface area (Å²) in [5, 5.41) is 7.68. The van der Waals surface area contributed by atoms with E-state index in [9.17, 15) is 8.78 Å². The van der Waals surface area contributed by atoms with Crippen LogP contribution in [0.2, 0.25) is 0 Å². The van der Waals surface area contributed by atoms with Gasteiger partial charge in [-0.1, -0.05) is 5.21 Å². The molecule has 17 heavy (non-hydrogen) atoms. The van der Waals surface area contributed by atoms with Gasteiger partial charge >= 0.3 is 6.55 Å². The average molecular weight is 262 g/mol. The lowest BCUT2D eigenvalue weighted by molar-refractivity contribution is 0.0665. The molecule has 0 aromatic carbocycles. The van der Waals surface area contributed by atoms with Crippen LogP contribution < -0.4 is 0 Å². The molecule has 8 heteroatoms. The lowest BCUT2D eigenvalue weighted by Crippen LogP contribution is -2.09. The minimum Gasteiger partial charge on any atom is -0.276 e. The number of aromatic nitrogens is 5. The van der Waals surface area contributed by atoms with Crippen LogP contribution in [-0.2, 0) is 13.0 Å². The van der Waals surface area contributed by atoms with Crippen molar-refractivity contribution in [3.05, 3.63) is 30.1 Å². The summed E-state index contributed by atoms with van der Waals surface area (Å²) in [6, 6.07) is 0. The fourth-order valence-electron chi connectivity index (χ4n) is 1.42. The van der Waals surface area contributed by atoms with Gasteiger partial charge in [-0.05, 0) is 0 Å². The molecular formula is C9H10ClF2N5. The SMILES string of the molecule is FC(F)n1ccnc1Cn1cc(CCCl)nn1. The van der Waals surface area contributed by atoms with E-state index in [1.807, 2.05) is 0 Å². The van der Waals surface area contributed by atoms with Gasteiger partial charge in [-0.25, -0.2) is 9.67 Å². The second-order valence-corrected chi connectivity index (χ2v) is 3.75. The molecule has 0 radical (unpaired) electrons. The number of alkyl halides is 3. The molecule has 0 spiro atoms. The zero-order chi connectivity index (χ0) is 12.3. The van der Waals surface area contributed by atoms with Crippen LogP contribution in [0.25, 0.3) is 0 Å². The van der Waals surface area contributed by atoms with Gasteiger partial charge in [-0.2, -0.15) is 8.78 Å². The molecule has 0 aliphatic heterocycles. The highest BCUT2D eigenvalue weighted by molar-refractivity contribution is 6.17. The predicted octanol–water partition coefficient (Wildman–Crippen LogP) is 1.70. The zero-order valence-corrected chi connectivity index (χ0v) is 9.56. The Labute approximate surface area is 101 Å². The molecule has 0 amide bonds. The van der Waals surface area contributed by atoms with Crippen LogP contribution in [0, 0.1) is 0 Å². The second-order valence-electron chi connectivity index (χ2n) is 3.37. The highest BCUT2D eigenvalue weighted by atomic mass is 35.5. The monoisotopic (exact) mass is 261 g/mol. The van der Waals surface area contributed by atoms with Crippen molar-refractivity contribution in [2.75, 3.05) is 5.88 Å². The van der Waals surface area contributed by atoms with Gasteiger partial charge in [0, 0.05) is 30.9 Å². The van der Waals surface area contributed by atoms with Gasteiger partial charge in [-0.3, -0.25) is 4.57 Å². The molecule has 0 bridgehead atoms. The van der Waals surface area contributed by atoms with E-state index in [-0.39, 0.29) is 12.4 Å². The summed E-state index contributed by atoms with van der Waals surface area (Å²) in [6.07, 6.45) is 4.84. The van der Waals surface area contributed by atoms with E-state index in [0.717, 1.165) is 10.3 Å². The Morgan fingerprint density at radius 1 is 1.41 bits per heavy atom. The van der Waals surface area contributed by atoms with E-state index in [0.29, 0.717) is 12.3 Å². The minimum absolute atomic E-state index is 0.159. The first-order valence-electron chi connectivity index (χ1n) is 4.95. The van der Waals surface area contributed by atoms with Crippen molar-refractivity contribution in [2.24, 2.45) is 0 Å². The Hall–Kier alpha value is -1.50. The number of nitrogens with zero attached hydrogens (tertiary/aromatic N) is 5. The van der Waals surface area contributed by atoms with Gasteiger partial charge in [0.15, 0.2) is 0 Å². The van der Waals surface area contributed by atoms with Crippen molar-refractivity contribution in [3.63, 3.8) is 0 Å². The quantitative estimate of drug-likeness (QED) is 0.770. The van der Waals surface area contributed by atoms with Crippen LogP contribution in [0.15, 0.2) is 18.6 Å². The van der Waals surface area contributed by atoms with Crippen LogP contribution in [0.1, 0.15) is 18.1 Å². The molecule has 2 heterocycles. The molecule has 0 saturated carbocycles. The maximum Gasteiger partial charge on any atom is 0.319 e. The Morgan fingerprint density at radius 3 is 2.94 bits per heavy atom. The number of rotatable bonds is 5. The summed E-state index contributed by atoms with van der Waals surface area (Å²) >= 11 is 5.56. The van der Waals surface area contributed by atoms with Crippen molar-refractivity contribution in [1.29, 1.82) is 0 Å². The van der Waals surface area contributed by atoms with Gasteiger partial charge in [0.1, 0.15) is 12.4 Å². The zero-order valence-electron chi connectivity index (χ0n) is 8.80. The van der Waals surface area contributed by atoms with Crippen molar-refractivity contribution in [1.82, 2.24) is 24.5 Å². The Bertz CT molecular complexity index is 481. The number of hydrogen-bond acceptors (Lipinski definition) is 3. The molecule has 0 unspecified atom stereocenters. The van der Waals surface area contributed by atoms with E-state index in [1.165, 1.54) is 17.1 Å². The average Bonchev–Trinajstić information content (AvgIpc) is 2.89. The van der Waals surface area contributed by atoms with Crippen molar-refractivity contribution in [3.8, 4) is 0 Å². The molecule has 0 fully saturated rings. The fourth-order valence-corrected chi connectivity index (χ4v) is 1.61. The van der Waals surface area contributed by atoms with Crippen LogP contribution in [0.4, 0.5) is 8.78 Å². The maximum absolute atomic E-state index is 12.5. The molecule has 0 N–H and O–H groups in total. The third-order valence-electron chi connectivity index (χ3n) is 2.20. The van der Waals surface area contributed by atoms with E-state index >= 15 is 0 Å². The number of imidazole rings is 1. The van der Waals surface area contributed by atoms with Crippen molar-refractivity contribution in [2.45, 2.75) is 19.5 Å². The summed E-state index contributed by atoms with van der Waals surface area (Å²) in [4.78, 5) is 3.86. The third kappa shape index (κ3) is 2.79. The summed E-state index contributed by atoms with van der Waals surface area (Å²) < 4.78 is 27.4. The molecular weight excluding hydrogens is 252 g/mol. The largest absolute Gasteiger partial charge is 0.319 e. The Balaban J connectivity index is 2.11. The molecule has 0 saturated heterocycles. The number of hydrogen-bond donors (Lipinski definition) is 0. The van der Waals surface area contributed by atoms with Crippen LogP contribution >= 0.6 is 11.6 Å². The third-order valence-corrected chi connectivity index (χ3v) is 2.39. The van der Waals surface area contributed by atoms with E-state index in [1.54, 1.807) is 6.20 Å². The molecule has 0 aliphatic rings. The van der Waals surface area contributed by atoms with Gasteiger partial charge in [0.25, 0.3) is 0 Å². The molecule has 2 aromatic heterocycles. The van der Waals surface area contributed by atoms with Crippen molar-refractivity contribution >= 4 is 11.6 Å². The first kappa shape index (κ1) is 12.0. The predicted molar refractivity (Wildman–Crippen MR) is 57.0 cm³/mol. The number of halogens is 3. The smallest absolute Gasteiger partial charge is 0.276 e. The topological polar surface area (TPSA) is 48.5 Å². The van der Waals surface area contributed by atoms with Crippen LogP contribution in [0.5, 0.6) is 0 Å². The molecule has 2 aromatic rings. The van der Waals surface area contributed by atoms with Crippen LogP contribution in [0.3, 0.4) is 0 Å². The van der Waals surface area contributed by atoms with Gasteiger partial charge < -0.3 is 0 Å². The molecule has 2 rings (SSSR count). The maximum atomic E-state index is 12.5. The molecule has 0 aliphatic carbocycles. The normalized spacial score (nSPS) is 11.3. The highest BCUT2D eigenvalue weighted by Gasteiger charge is 2.12. The van der Waals surface area contributed by atoms with E-state index < -0.39 is 6.55 Å². The minimum atomic E-state index is -2.60. The number of aryl methyl sites for hydroxylation is 1. The summed E-state index contributed by atoms with van der Waals surface area (Å²) in [6.45, 7) is -2.44. The van der Waals surface area contributed by atoms with Gasteiger partial charge in [0.2, 0.25) is 0 Å². The van der Waals surface area contributed by atoms with Gasteiger partial charge in [-0.15, -0.1) is 16.7 Å². The second kappa shape index (κ2) is 5.22. The lowest BCUT2D eigenvalue weighted by Gasteiger charge is -2.05. The van der Waals surface area contributed by atoms with E-state index in [2.05, 4.69) is 15.3 Å². The standard InChI is InChI=1S/C9H10ClF2N5/c10-2-1-7-5-16(15-14-7)6-8-13-3-4-17(8)9(11)12/h3-5,9H,1-2,6H2. The van der Waals surface area contributed by atoms with Crippen LogP contribution in [-0.4, -0.2) is 30.4 Å².